The van der Waals surface area contributed by atoms with Gasteiger partial charge in [0.2, 0.25) is 0 Å². The molecule has 1 N–H and O–H groups in total. The van der Waals surface area contributed by atoms with Gasteiger partial charge in [0.25, 0.3) is 10.1 Å². The topological polar surface area (TPSA) is 80.7 Å². The summed E-state index contributed by atoms with van der Waals surface area (Å²) in [7, 11) is -3.32. The van der Waals surface area contributed by atoms with Crippen LogP contribution in [0.1, 0.15) is 144 Å². The summed E-state index contributed by atoms with van der Waals surface area (Å²) in [6, 6.07) is 0. The number of esters is 1. The molecule has 7 heteroatoms. The summed E-state index contributed by atoms with van der Waals surface area (Å²) < 4.78 is 37.4. The molecule has 0 bridgehead atoms. The van der Waals surface area contributed by atoms with Crippen LogP contribution in [0.4, 0.5) is 0 Å². The van der Waals surface area contributed by atoms with Gasteiger partial charge in [0.15, 0.2) is 4.75 Å². The van der Waals surface area contributed by atoms with Gasteiger partial charge in [-0.2, -0.15) is 8.42 Å². The van der Waals surface area contributed by atoms with Crippen molar-refractivity contribution < 1.29 is 53.5 Å². The Morgan fingerprint density at radius 3 is 1.22 bits per heavy atom. The van der Waals surface area contributed by atoms with E-state index in [-0.39, 0.29) is 43.8 Å². The summed E-state index contributed by atoms with van der Waals surface area (Å²) in [6.45, 7) is 4.41. The minimum absolute atomic E-state index is 0. The summed E-state index contributed by atoms with van der Waals surface area (Å²) >= 11 is 0. The van der Waals surface area contributed by atoms with Crippen molar-refractivity contribution in [2.45, 2.75) is 147 Å². The van der Waals surface area contributed by atoms with Gasteiger partial charge in [-0.15, -0.1) is 0 Å². The first-order valence-electron chi connectivity index (χ1n) is 12.9. The van der Waals surface area contributed by atoms with E-state index in [0.29, 0.717) is 12.8 Å². The van der Waals surface area contributed by atoms with Crippen molar-refractivity contribution in [3.63, 3.8) is 0 Å². The molecule has 0 aliphatic carbocycles. The minimum atomic E-state index is -4.53. The summed E-state index contributed by atoms with van der Waals surface area (Å²) in [5, 5.41) is 0. The monoisotopic (exact) mass is 486 g/mol. The van der Waals surface area contributed by atoms with Gasteiger partial charge in [0, 0.05) is 0 Å². The fourth-order valence-corrected chi connectivity index (χ4v) is 5.42. The number of rotatable bonds is 22. The average molecular weight is 487 g/mol. The molecule has 0 amide bonds. The Bertz CT molecular complexity index is 545. The second-order valence-corrected chi connectivity index (χ2v) is 10.8. The molecule has 0 aromatic heterocycles. The standard InChI is InChI=1S/C25H50O5S.Na.H/c1-4-6-8-10-12-14-15-17-19-21-23-25(24(26)30-3,31(27,28)29)22-20-18-16-13-11-9-7-5-2;;/h4-23H2,1-3H3,(H,27,28,29);;/q;+1;-1. The molecule has 5 nitrogen and oxygen atoms in total. The zero-order chi connectivity index (χ0) is 23.4. The molecule has 32 heavy (non-hydrogen) atoms. The first kappa shape index (κ1) is 34.5. The molecule has 188 valence electrons. The predicted molar refractivity (Wildman–Crippen MR) is 131 cm³/mol. The minimum Gasteiger partial charge on any atom is -1.00 e. The molecule has 0 spiro atoms. The van der Waals surface area contributed by atoms with E-state index in [4.69, 9.17) is 4.74 Å². The Morgan fingerprint density at radius 2 is 0.969 bits per heavy atom. The van der Waals surface area contributed by atoms with E-state index >= 15 is 0 Å². The first-order valence-corrected chi connectivity index (χ1v) is 14.3. The summed E-state index contributed by atoms with van der Waals surface area (Å²) in [5.74, 6) is -0.811. The van der Waals surface area contributed by atoms with Crippen LogP contribution in [0.2, 0.25) is 0 Å². The van der Waals surface area contributed by atoms with E-state index in [1.165, 1.54) is 71.3 Å². The Balaban J connectivity index is -0.00000450. The third kappa shape index (κ3) is 15.3. The van der Waals surface area contributed by atoms with E-state index in [1.54, 1.807) is 0 Å². The molecule has 0 aliphatic heterocycles. The SMILES string of the molecule is CCCCCCCCCCCCC(CCCCCCCCCC)(C(=O)OC)S(=O)(=O)O.[H-].[Na+]. The smallest absolute Gasteiger partial charge is 1.00 e. The van der Waals surface area contributed by atoms with E-state index in [1.807, 2.05) is 0 Å². The maximum absolute atomic E-state index is 12.4. The van der Waals surface area contributed by atoms with Crippen LogP contribution in [0.25, 0.3) is 0 Å². The Hall–Kier alpha value is 0.380. The van der Waals surface area contributed by atoms with Gasteiger partial charge in [0.05, 0.1) is 7.11 Å². The molecule has 0 aromatic rings. The zero-order valence-electron chi connectivity index (χ0n) is 22.6. The maximum atomic E-state index is 12.4. The van der Waals surface area contributed by atoms with Gasteiger partial charge in [-0.1, -0.05) is 129 Å². The molecule has 0 radical (unpaired) electrons. The number of carbonyl (C=O) groups is 1. The van der Waals surface area contributed by atoms with Gasteiger partial charge in [-0.05, 0) is 12.8 Å². The second kappa shape index (κ2) is 21.9. The Kier molecular flexibility index (Phi) is 23.6. The molecule has 0 fully saturated rings. The molecule has 0 aliphatic rings. The largest absolute Gasteiger partial charge is 1.00 e. The molecule has 0 saturated heterocycles. The summed E-state index contributed by atoms with van der Waals surface area (Å²) in [6.07, 6.45) is 20.2. The van der Waals surface area contributed by atoms with Crippen LogP contribution in [0.3, 0.4) is 0 Å². The van der Waals surface area contributed by atoms with Crippen molar-refractivity contribution in [2.24, 2.45) is 0 Å². The number of ether oxygens (including phenoxy) is 1. The number of hydrogen-bond donors (Lipinski definition) is 1. The van der Waals surface area contributed by atoms with Crippen LogP contribution in [0, 0.1) is 0 Å². The third-order valence-corrected chi connectivity index (χ3v) is 7.98. The van der Waals surface area contributed by atoms with Gasteiger partial charge in [-0.25, -0.2) is 0 Å². The third-order valence-electron chi connectivity index (χ3n) is 6.42. The summed E-state index contributed by atoms with van der Waals surface area (Å²) in [5.41, 5.74) is 0. The van der Waals surface area contributed by atoms with Gasteiger partial charge >= 0.3 is 35.5 Å². The quantitative estimate of drug-likeness (QED) is 0.103. The number of carbonyl (C=O) groups excluding carboxylic acids is 1. The Morgan fingerprint density at radius 1 is 0.688 bits per heavy atom. The van der Waals surface area contributed by atoms with E-state index in [2.05, 4.69) is 13.8 Å². The van der Waals surface area contributed by atoms with Crippen molar-refractivity contribution in [3.05, 3.63) is 0 Å². The molecule has 1 atom stereocenters. The fraction of sp³-hybridized carbons (Fsp3) is 0.960. The van der Waals surface area contributed by atoms with Gasteiger partial charge < -0.3 is 6.16 Å². The molecular weight excluding hydrogens is 435 g/mol. The maximum Gasteiger partial charge on any atom is 1.00 e. The molecule has 0 saturated carbocycles. The predicted octanol–water partition coefficient (Wildman–Crippen LogP) is 4.74. The van der Waals surface area contributed by atoms with Crippen molar-refractivity contribution in [2.75, 3.05) is 7.11 Å². The van der Waals surface area contributed by atoms with Crippen LogP contribution < -0.4 is 29.6 Å². The Labute approximate surface area is 222 Å². The fourth-order valence-electron chi connectivity index (χ4n) is 4.32. The van der Waals surface area contributed by atoms with Crippen molar-refractivity contribution in [3.8, 4) is 0 Å². The second-order valence-electron chi connectivity index (χ2n) is 9.12. The van der Waals surface area contributed by atoms with E-state index in [0.717, 1.165) is 38.5 Å². The van der Waals surface area contributed by atoms with Crippen molar-refractivity contribution >= 4 is 16.1 Å². The number of methoxy groups -OCH3 is 1. The normalized spacial score (nSPS) is 13.4. The van der Waals surface area contributed by atoms with E-state index < -0.39 is 20.8 Å². The summed E-state index contributed by atoms with van der Waals surface area (Å²) in [4.78, 5) is 12.4. The van der Waals surface area contributed by atoms with Crippen LogP contribution >= 0.6 is 0 Å². The molecule has 0 aromatic carbocycles. The first-order chi connectivity index (χ1) is 14.9. The van der Waals surface area contributed by atoms with Gasteiger partial charge in [-0.3, -0.25) is 9.35 Å². The molecule has 0 rings (SSSR count). The average Bonchev–Trinajstić information content (AvgIpc) is 2.74. The van der Waals surface area contributed by atoms with Crippen molar-refractivity contribution in [1.82, 2.24) is 0 Å². The van der Waals surface area contributed by atoms with Crippen LogP contribution in [0.5, 0.6) is 0 Å². The van der Waals surface area contributed by atoms with Gasteiger partial charge in [0.1, 0.15) is 0 Å². The zero-order valence-corrected chi connectivity index (χ0v) is 24.4. The van der Waals surface area contributed by atoms with Crippen LogP contribution in [0.15, 0.2) is 0 Å². The van der Waals surface area contributed by atoms with Crippen LogP contribution in [-0.2, 0) is 19.6 Å². The van der Waals surface area contributed by atoms with Crippen molar-refractivity contribution in [1.29, 1.82) is 0 Å². The van der Waals surface area contributed by atoms with Crippen LogP contribution in [-0.4, -0.2) is 30.8 Å². The van der Waals surface area contributed by atoms with E-state index in [9.17, 15) is 17.8 Å². The molecular formula is C25H51NaO5S. The number of hydrogen-bond acceptors (Lipinski definition) is 4. The number of unbranched alkanes of at least 4 members (excludes halogenated alkanes) is 16. The molecule has 0 heterocycles. The molecule has 1 unspecified atom stereocenters.